The molecule has 7 heteroatoms. The van der Waals surface area contributed by atoms with Crippen LogP contribution in [0.4, 0.5) is 11.4 Å². The average molecular weight is 426 g/mol. The van der Waals surface area contributed by atoms with Crippen LogP contribution in [0.15, 0.2) is 42.5 Å². The zero-order chi connectivity index (χ0) is 22.4. The molecule has 1 saturated heterocycles. The zero-order valence-corrected chi connectivity index (χ0v) is 18.7. The fourth-order valence-electron chi connectivity index (χ4n) is 3.59. The lowest BCUT2D eigenvalue weighted by Crippen LogP contribution is -2.49. The Kier molecular flexibility index (Phi) is 7.39. The third-order valence-electron chi connectivity index (χ3n) is 5.32. The van der Waals surface area contributed by atoms with Crippen LogP contribution in [-0.2, 0) is 4.79 Å². The maximum atomic E-state index is 12.6. The highest BCUT2D eigenvalue weighted by Crippen LogP contribution is 2.24. The van der Waals surface area contributed by atoms with Gasteiger partial charge in [0.15, 0.2) is 0 Å². The number of anilines is 2. The van der Waals surface area contributed by atoms with Crippen molar-refractivity contribution < 1.29 is 19.1 Å². The molecule has 31 heavy (non-hydrogen) atoms. The first-order chi connectivity index (χ1) is 14.9. The Labute approximate surface area is 183 Å². The standard InChI is InChI=1S/C24H31N3O4/c1-17(2)13-23(28)27-11-9-26(10-12-27)20-7-5-19(6-8-20)25-24(29)18-14-21(30-3)16-22(15-18)31-4/h5-8,14-17H,9-13H2,1-4H3,(H,25,29). The molecular weight excluding hydrogens is 394 g/mol. The minimum absolute atomic E-state index is 0.234. The Morgan fingerprint density at radius 3 is 2.03 bits per heavy atom. The van der Waals surface area contributed by atoms with Crippen LogP contribution in [0, 0.1) is 5.92 Å². The molecule has 0 bridgehead atoms. The van der Waals surface area contributed by atoms with Gasteiger partial charge in [0, 0.05) is 55.6 Å². The van der Waals surface area contributed by atoms with Gasteiger partial charge in [0.2, 0.25) is 5.91 Å². The van der Waals surface area contributed by atoms with Crippen molar-refractivity contribution in [1.82, 2.24) is 4.90 Å². The molecular formula is C24H31N3O4. The van der Waals surface area contributed by atoms with Gasteiger partial charge in [-0.3, -0.25) is 9.59 Å². The molecule has 0 radical (unpaired) electrons. The number of carbonyl (C=O) groups is 2. The van der Waals surface area contributed by atoms with Gasteiger partial charge in [-0.15, -0.1) is 0 Å². The van der Waals surface area contributed by atoms with Crippen molar-refractivity contribution in [1.29, 1.82) is 0 Å². The number of piperazine rings is 1. The van der Waals surface area contributed by atoms with Crippen molar-refractivity contribution in [3.05, 3.63) is 48.0 Å². The third kappa shape index (κ3) is 5.90. The molecule has 0 spiro atoms. The maximum Gasteiger partial charge on any atom is 0.255 e. The highest BCUT2D eigenvalue weighted by atomic mass is 16.5. The van der Waals surface area contributed by atoms with Crippen molar-refractivity contribution in [3.63, 3.8) is 0 Å². The summed E-state index contributed by atoms with van der Waals surface area (Å²) in [4.78, 5) is 29.1. The number of nitrogens with one attached hydrogen (secondary N) is 1. The Morgan fingerprint density at radius 2 is 1.52 bits per heavy atom. The zero-order valence-electron chi connectivity index (χ0n) is 18.7. The van der Waals surface area contributed by atoms with Gasteiger partial charge < -0.3 is 24.6 Å². The largest absolute Gasteiger partial charge is 0.497 e. The van der Waals surface area contributed by atoms with E-state index in [9.17, 15) is 9.59 Å². The Bertz CT molecular complexity index is 881. The lowest BCUT2D eigenvalue weighted by molar-refractivity contribution is -0.132. The summed E-state index contributed by atoms with van der Waals surface area (Å²) in [6.45, 7) is 7.22. The van der Waals surface area contributed by atoms with Crippen LogP contribution in [0.25, 0.3) is 0 Å². The number of ether oxygens (including phenoxy) is 2. The summed E-state index contributed by atoms with van der Waals surface area (Å²) in [6.07, 6.45) is 0.605. The smallest absolute Gasteiger partial charge is 0.255 e. The molecule has 1 N–H and O–H groups in total. The van der Waals surface area contributed by atoms with Gasteiger partial charge in [0.05, 0.1) is 14.2 Å². The first-order valence-electron chi connectivity index (χ1n) is 10.6. The molecule has 1 aliphatic heterocycles. The minimum Gasteiger partial charge on any atom is -0.497 e. The third-order valence-corrected chi connectivity index (χ3v) is 5.32. The number of benzene rings is 2. The summed E-state index contributed by atoms with van der Waals surface area (Å²) < 4.78 is 10.5. The summed E-state index contributed by atoms with van der Waals surface area (Å²) in [5.74, 6) is 1.51. The second-order valence-electron chi connectivity index (χ2n) is 8.07. The number of methoxy groups -OCH3 is 2. The van der Waals surface area contributed by atoms with E-state index in [2.05, 4.69) is 24.1 Å². The first-order valence-corrected chi connectivity index (χ1v) is 10.6. The molecule has 0 saturated carbocycles. The molecule has 0 aromatic heterocycles. The lowest BCUT2D eigenvalue weighted by atomic mass is 10.1. The van der Waals surface area contributed by atoms with E-state index in [0.717, 1.165) is 31.9 Å². The highest BCUT2D eigenvalue weighted by molar-refractivity contribution is 6.04. The van der Waals surface area contributed by atoms with Crippen LogP contribution in [0.1, 0.15) is 30.6 Å². The van der Waals surface area contributed by atoms with Crippen molar-refractivity contribution in [2.75, 3.05) is 50.6 Å². The molecule has 1 aliphatic rings. The molecule has 0 unspecified atom stereocenters. The fourth-order valence-corrected chi connectivity index (χ4v) is 3.59. The van der Waals surface area contributed by atoms with Crippen molar-refractivity contribution in [3.8, 4) is 11.5 Å². The summed E-state index contributed by atoms with van der Waals surface area (Å²) in [5.41, 5.74) is 2.25. The Hall–Kier alpha value is -3.22. The number of rotatable bonds is 7. The molecule has 1 heterocycles. The molecule has 3 rings (SSSR count). The molecule has 0 atom stereocenters. The van der Waals surface area contributed by atoms with Crippen LogP contribution >= 0.6 is 0 Å². The Morgan fingerprint density at radius 1 is 0.935 bits per heavy atom. The van der Waals surface area contributed by atoms with Crippen molar-refractivity contribution >= 4 is 23.2 Å². The predicted molar refractivity (Wildman–Crippen MR) is 122 cm³/mol. The van der Waals surface area contributed by atoms with E-state index in [1.807, 2.05) is 29.2 Å². The summed E-state index contributed by atoms with van der Waals surface area (Å²) in [7, 11) is 3.10. The van der Waals surface area contributed by atoms with E-state index in [0.29, 0.717) is 35.1 Å². The fraction of sp³-hybridized carbons (Fsp3) is 0.417. The van der Waals surface area contributed by atoms with E-state index >= 15 is 0 Å². The van der Waals surface area contributed by atoms with Gasteiger partial charge in [-0.1, -0.05) is 13.8 Å². The second kappa shape index (κ2) is 10.2. The van der Waals surface area contributed by atoms with Gasteiger partial charge in [-0.25, -0.2) is 0 Å². The van der Waals surface area contributed by atoms with E-state index in [1.54, 1.807) is 32.4 Å². The average Bonchev–Trinajstić information content (AvgIpc) is 2.78. The summed E-state index contributed by atoms with van der Waals surface area (Å²) in [6, 6.07) is 12.8. The first kappa shape index (κ1) is 22.5. The molecule has 166 valence electrons. The van der Waals surface area contributed by atoms with Gasteiger partial charge >= 0.3 is 0 Å². The summed E-state index contributed by atoms with van der Waals surface area (Å²) >= 11 is 0. The quantitative estimate of drug-likeness (QED) is 0.733. The number of nitrogens with zero attached hydrogens (tertiary/aromatic N) is 2. The number of carbonyl (C=O) groups excluding carboxylic acids is 2. The topological polar surface area (TPSA) is 71.1 Å². The molecule has 2 aromatic carbocycles. The summed E-state index contributed by atoms with van der Waals surface area (Å²) in [5, 5.41) is 2.91. The number of amides is 2. The predicted octanol–water partition coefficient (Wildman–Crippen LogP) is 3.65. The van der Waals surface area contributed by atoms with Gasteiger partial charge in [-0.05, 0) is 42.3 Å². The van der Waals surface area contributed by atoms with Gasteiger partial charge in [0.25, 0.3) is 5.91 Å². The molecule has 7 nitrogen and oxygen atoms in total. The van der Waals surface area contributed by atoms with Crippen molar-refractivity contribution in [2.45, 2.75) is 20.3 Å². The molecule has 0 aliphatic carbocycles. The van der Waals surface area contributed by atoms with Gasteiger partial charge in [-0.2, -0.15) is 0 Å². The van der Waals surface area contributed by atoms with Crippen LogP contribution in [0.5, 0.6) is 11.5 Å². The van der Waals surface area contributed by atoms with E-state index < -0.39 is 0 Å². The minimum atomic E-state index is -0.234. The monoisotopic (exact) mass is 425 g/mol. The highest BCUT2D eigenvalue weighted by Gasteiger charge is 2.21. The lowest BCUT2D eigenvalue weighted by Gasteiger charge is -2.36. The van der Waals surface area contributed by atoms with Crippen molar-refractivity contribution in [2.24, 2.45) is 5.92 Å². The van der Waals surface area contributed by atoms with Crippen LogP contribution in [0.3, 0.4) is 0 Å². The van der Waals surface area contributed by atoms with E-state index in [1.165, 1.54) is 0 Å². The van der Waals surface area contributed by atoms with Crippen LogP contribution < -0.4 is 19.7 Å². The van der Waals surface area contributed by atoms with Crippen LogP contribution in [-0.4, -0.2) is 57.1 Å². The second-order valence-corrected chi connectivity index (χ2v) is 8.07. The molecule has 2 aromatic rings. The number of hydrogen-bond donors (Lipinski definition) is 1. The van der Waals surface area contributed by atoms with Crippen LogP contribution in [0.2, 0.25) is 0 Å². The van der Waals surface area contributed by atoms with Gasteiger partial charge in [0.1, 0.15) is 11.5 Å². The normalized spacial score (nSPS) is 13.8. The van der Waals surface area contributed by atoms with E-state index in [-0.39, 0.29) is 11.8 Å². The Balaban J connectivity index is 1.59. The van der Waals surface area contributed by atoms with E-state index in [4.69, 9.17) is 9.47 Å². The molecule has 1 fully saturated rings. The SMILES string of the molecule is COc1cc(OC)cc(C(=O)Nc2ccc(N3CCN(C(=O)CC(C)C)CC3)cc2)c1. The maximum absolute atomic E-state index is 12.6. The number of hydrogen-bond acceptors (Lipinski definition) is 5. The molecule has 2 amide bonds.